The smallest absolute Gasteiger partial charge is 0.224 e. The summed E-state index contributed by atoms with van der Waals surface area (Å²) in [5, 5.41) is 6.20. The van der Waals surface area contributed by atoms with Crippen LogP contribution in [0.1, 0.15) is 24.8 Å². The molecule has 2 N–H and O–H groups in total. The lowest BCUT2D eigenvalue weighted by atomic mass is 10.1. The number of hydrogen-bond acceptors (Lipinski definition) is 3. The van der Waals surface area contributed by atoms with Gasteiger partial charge in [-0.15, -0.1) is 12.4 Å². The number of unbranched alkanes of at least 4 members (excludes halogenated alkanes) is 1. The Labute approximate surface area is 133 Å². The van der Waals surface area contributed by atoms with Crippen molar-refractivity contribution >= 4 is 18.3 Å². The van der Waals surface area contributed by atoms with Crippen LogP contribution in [0.5, 0.6) is 5.75 Å². The molecular weight excluding hydrogens is 288 g/mol. The van der Waals surface area contributed by atoms with Crippen LogP contribution in [0.15, 0.2) is 24.3 Å². The molecule has 1 heterocycles. The average Bonchev–Trinajstić information content (AvgIpc) is 2.98. The van der Waals surface area contributed by atoms with E-state index in [0.29, 0.717) is 6.61 Å². The Morgan fingerprint density at radius 2 is 2.10 bits per heavy atom. The number of halogens is 1. The van der Waals surface area contributed by atoms with Crippen molar-refractivity contribution in [1.29, 1.82) is 0 Å². The first-order valence-corrected chi connectivity index (χ1v) is 7.43. The number of nitrogens with one attached hydrogen (secondary N) is 2. The Hall–Kier alpha value is -1.26. The van der Waals surface area contributed by atoms with Crippen LogP contribution < -0.4 is 15.4 Å². The van der Waals surface area contributed by atoms with Crippen LogP contribution in [0.25, 0.3) is 0 Å². The van der Waals surface area contributed by atoms with E-state index in [1.165, 1.54) is 5.56 Å². The molecule has 5 heteroatoms. The molecule has 1 aromatic carbocycles. The minimum absolute atomic E-state index is 0. The summed E-state index contributed by atoms with van der Waals surface area (Å²) in [6.45, 7) is 5.29. The molecule has 0 bridgehead atoms. The van der Waals surface area contributed by atoms with E-state index in [2.05, 4.69) is 17.6 Å². The number of carbonyl (C=O) groups is 1. The number of benzene rings is 1. The molecule has 1 atom stereocenters. The summed E-state index contributed by atoms with van der Waals surface area (Å²) in [7, 11) is 0. The van der Waals surface area contributed by atoms with E-state index < -0.39 is 0 Å². The average molecular weight is 313 g/mol. The summed E-state index contributed by atoms with van der Waals surface area (Å²) >= 11 is 0. The molecule has 1 aromatic rings. The molecule has 1 aliphatic rings. The second-order valence-corrected chi connectivity index (χ2v) is 5.35. The molecule has 1 unspecified atom stereocenters. The van der Waals surface area contributed by atoms with Crippen molar-refractivity contribution in [3.8, 4) is 5.75 Å². The molecule has 1 amide bonds. The topological polar surface area (TPSA) is 50.4 Å². The molecule has 0 radical (unpaired) electrons. The molecule has 2 rings (SSSR count). The number of aryl methyl sites for hydroxylation is 1. The molecule has 4 nitrogen and oxygen atoms in total. The van der Waals surface area contributed by atoms with Crippen LogP contribution in [0.3, 0.4) is 0 Å². The van der Waals surface area contributed by atoms with Gasteiger partial charge in [-0.25, -0.2) is 0 Å². The summed E-state index contributed by atoms with van der Waals surface area (Å²) in [5.74, 6) is 1.27. The summed E-state index contributed by atoms with van der Waals surface area (Å²) in [6.07, 6.45) is 2.87. The lowest BCUT2D eigenvalue weighted by Gasteiger charge is -2.10. The van der Waals surface area contributed by atoms with Gasteiger partial charge in [-0.05, 0) is 44.9 Å². The molecule has 21 heavy (non-hydrogen) atoms. The highest BCUT2D eigenvalue weighted by atomic mass is 35.5. The minimum atomic E-state index is 0. The predicted molar refractivity (Wildman–Crippen MR) is 87.1 cm³/mol. The first-order chi connectivity index (χ1) is 9.75. The molecule has 118 valence electrons. The number of amides is 1. The molecule has 1 aliphatic heterocycles. The van der Waals surface area contributed by atoms with Crippen LogP contribution >= 0.6 is 12.4 Å². The quantitative estimate of drug-likeness (QED) is 0.760. The molecule has 1 fully saturated rings. The van der Waals surface area contributed by atoms with E-state index in [4.69, 9.17) is 4.74 Å². The summed E-state index contributed by atoms with van der Waals surface area (Å²) in [6, 6.07) is 8.07. The lowest BCUT2D eigenvalue weighted by molar-refractivity contribution is -0.124. The van der Waals surface area contributed by atoms with Crippen LogP contribution in [-0.2, 0) is 4.79 Å². The zero-order valence-electron chi connectivity index (χ0n) is 12.6. The van der Waals surface area contributed by atoms with Gasteiger partial charge in [0.05, 0.1) is 12.5 Å². The Kier molecular flexibility index (Phi) is 8.16. The summed E-state index contributed by atoms with van der Waals surface area (Å²) in [5.41, 5.74) is 1.24. The van der Waals surface area contributed by atoms with E-state index in [9.17, 15) is 4.79 Å². The maximum absolute atomic E-state index is 11.7. The zero-order valence-corrected chi connectivity index (χ0v) is 13.4. The Morgan fingerprint density at radius 1 is 1.33 bits per heavy atom. The number of carbonyl (C=O) groups excluding carboxylic acids is 1. The minimum Gasteiger partial charge on any atom is -0.494 e. The van der Waals surface area contributed by atoms with Crippen molar-refractivity contribution in [2.75, 3.05) is 26.2 Å². The zero-order chi connectivity index (χ0) is 14.2. The van der Waals surface area contributed by atoms with Gasteiger partial charge in [0.1, 0.15) is 5.75 Å². The predicted octanol–water partition coefficient (Wildman–Crippen LogP) is 2.30. The molecule has 1 saturated heterocycles. The van der Waals surface area contributed by atoms with Crippen LogP contribution in [0.4, 0.5) is 0 Å². The third-order valence-electron chi connectivity index (χ3n) is 3.59. The van der Waals surface area contributed by atoms with Gasteiger partial charge in [0.15, 0.2) is 0 Å². The normalized spacial score (nSPS) is 17.1. The summed E-state index contributed by atoms with van der Waals surface area (Å²) < 4.78 is 5.65. The van der Waals surface area contributed by atoms with Gasteiger partial charge < -0.3 is 15.4 Å². The highest BCUT2D eigenvalue weighted by Crippen LogP contribution is 2.11. The number of hydrogen-bond donors (Lipinski definition) is 2. The molecule has 0 spiro atoms. The monoisotopic (exact) mass is 312 g/mol. The van der Waals surface area contributed by atoms with Crippen molar-refractivity contribution < 1.29 is 9.53 Å². The fraction of sp³-hybridized carbons (Fsp3) is 0.562. The Morgan fingerprint density at radius 3 is 2.76 bits per heavy atom. The third kappa shape index (κ3) is 6.36. The van der Waals surface area contributed by atoms with Gasteiger partial charge >= 0.3 is 0 Å². The number of rotatable bonds is 7. The van der Waals surface area contributed by atoms with Gasteiger partial charge in [0.25, 0.3) is 0 Å². The first kappa shape index (κ1) is 17.8. The Bertz CT molecular complexity index is 417. The van der Waals surface area contributed by atoms with Crippen molar-refractivity contribution in [2.45, 2.75) is 26.2 Å². The number of ether oxygens (including phenoxy) is 1. The fourth-order valence-corrected chi connectivity index (χ4v) is 2.29. The first-order valence-electron chi connectivity index (χ1n) is 7.43. The SMILES string of the molecule is Cc1ccc(OCCCCNC(=O)C2CCNC2)cc1.Cl. The van der Waals surface area contributed by atoms with Gasteiger partial charge in [-0.2, -0.15) is 0 Å². The van der Waals surface area contributed by atoms with E-state index in [1.807, 2.05) is 24.3 Å². The standard InChI is InChI=1S/C16H24N2O2.ClH/c1-13-4-6-15(7-5-13)20-11-3-2-9-18-16(19)14-8-10-17-12-14;/h4-7,14,17H,2-3,8-12H2,1H3,(H,18,19);1H. The van der Waals surface area contributed by atoms with E-state index >= 15 is 0 Å². The largest absolute Gasteiger partial charge is 0.494 e. The van der Waals surface area contributed by atoms with E-state index in [-0.39, 0.29) is 24.2 Å². The molecule has 0 saturated carbocycles. The highest BCUT2D eigenvalue weighted by molar-refractivity contribution is 5.85. The van der Waals surface area contributed by atoms with Crippen molar-refractivity contribution in [3.63, 3.8) is 0 Å². The van der Waals surface area contributed by atoms with Crippen LogP contribution in [-0.4, -0.2) is 32.1 Å². The van der Waals surface area contributed by atoms with Crippen molar-refractivity contribution in [2.24, 2.45) is 5.92 Å². The fourth-order valence-electron chi connectivity index (χ4n) is 2.29. The van der Waals surface area contributed by atoms with E-state index in [0.717, 1.165) is 44.6 Å². The highest BCUT2D eigenvalue weighted by Gasteiger charge is 2.21. The van der Waals surface area contributed by atoms with Crippen LogP contribution in [0.2, 0.25) is 0 Å². The van der Waals surface area contributed by atoms with Gasteiger partial charge in [-0.3, -0.25) is 4.79 Å². The molecule has 0 aromatic heterocycles. The second-order valence-electron chi connectivity index (χ2n) is 5.35. The molecule has 0 aliphatic carbocycles. The Balaban J connectivity index is 0.00000220. The second kappa shape index (κ2) is 9.64. The lowest BCUT2D eigenvalue weighted by Crippen LogP contribution is -2.32. The van der Waals surface area contributed by atoms with E-state index in [1.54, 1.807) is 0 Å². The third-order valence-corrected chi connectivity index (χ3v) is 3.59. The van der Waals surface area contributed by atoms with Gasteiger partial charge in [0, 0.05) is 13.1 Å². The maximum Gasteiger partial charge on any atom is 0.224 e. The van der Waals surface area contributed by atoms with Crippen LogP contribution in [0, 0.1) is 12.8 Å². The van der Waals surface area contributed by atoms with Crippen molar-refractivity contribution in [1.82, 2.24) is 10.6 Å². The molecular formula is C16H25ClN2O2. The summed E-state index contributed by atoms with van der Waals surface area (Å²) in [4.78, 5) is 11.7. The maximum atomic E-state index is 11.7. The van der Waals surface area contributed by atoms with Gasteiger partial charge in [-0.1, -0.05) is 17.7 Å². The van der Waals surface area contributed by atoms with Crippen molar-refractivity contribution in [3.05, 3.63) is 29.8 Å². The van der Waals surface area contributed by atoms with Gasteiger partial charge in [0.2, 0.25) is 5.91 Å².